The van der Waals surface area contributed by atoms with Gasteiger partial charge in [0, 0.05) is 12.8 Å². The molecular formula is C22H23N3O4. The number of aromatic nitrogens is 3. The van der Waals surface area contributed by atoms with Gasteiger partial charge in [-0.2, -0.15) is 5.10 Å². The van der Waals surface area contributed by atoms with Gasteiger partial charge in [-0.3, -0.25) is 4.98 Å². The van der Waals surface area contributed by atoms with Crippen LogP contribution < -0.4 is 4.74 Å². The van der Waals surface area contributed by atoms with E-state index in [1.807, 2.05) is 35.0 Å². The Balaban J connectivity index is 1.40. The van der Waals surface area contributed by atoms with Crippen LogP contribution in [-0.2, 0) is 16.1 Å². The zero-order chi connectivity index (χ0) is 20.1. The number of rotatable bonds is 6. The zero-order valence-corrected chi connectivity index (χ0v) is 16.3. The summed E-state index contributed by atoms with van der Waals surface area (Å²) in [4.78, 5) is 16.0. The average molecular weight is 393 g/mol. The second kappa shape index (κ2) is 8.87. The summed E-state index contributed by atoms with van der Waals surface area (Å²) in [7, 11) is 1.37. The lowest BCUT2D eigenvalue weighted by molar-refractivity contribution is -0.0384. The Morgan fingerprint density at radius 1 is 1.17 bits per heavy atom. The predicted molar refractivity (Wildman–Crippen MR) is 106 cm³/mol. The highest BCUT2D eigenvalue weighted by Crippen LogP contribution is 2.28. The number of ether oxygens (including phenoxy) is 3. The van der Waals surface area contributed by atoms with Crippen molar-refractivity contribution in [1.29, 1.82) is 0 Å². The van der Waals surface area contributed by atoms with Gasteiger partial charge in [0.15, 0.2) is 6.23 Å². The van der Waals surface area contributed by atoms with Crippen molar-refractivity contribution in [3.63, 3.8) is 0 Å². The molecule has 0 bridgehead atoms. The molecule has 4 rings (SSSR count). The van der Waals surface area contributed by atoms with Crippen LogP contribution in [0.4, 0.5) is 0 Å². The summed E-state index contributed by atoms with van der Waals surface area (Å²) in [5.74, 6) is 0.320. The minimum absolute atomic E-state index is 0.0283. The fourth-order valence-corrected chi connectivity index (χ4v) is 3.30. The maximum Gasteiger partial charge on any atom is 0.337 e. The lowest BCUT2D eigenvalue weighted by Gasteiger charge is -2.24. The third-order valence-corrected chi connectivity index (χ3v) is 4.88. The van der Waals surface area contributed by atoms with E-state index >= 15 is 0 Å². The summed E-state index contributed by atoms with van der Waals surface area (Å²) in [6.07, 6.45) is 6.66. The quantitative estimate of drug-likeness (QED) is 0.589. The number of methoxy groups -OCH3 is 1. The molecule has 2 aromatic heterocycles. The molecule has 0 aliphatic carbocycles. The van der Waals surface area contributed by atoms with Gasteiger partial charge in [0.2, 0.25) is 0 Å². The van der Waals surface area contributed by atoms with Crippen molar-refractivity contribution in [2.24, 2.45) is 0 Å². The van der Waals surface area contributed by atoms with Crippen LogP contribution in [-0.4, -0.2) is 34.5 Å². The van der Waals surface area contributed by atoms with Crippen molar-refractivity contribution in [3.05, 3.63) is 66.0 Å². The summed E-state index contributed by atoms with van der Waals surface area (Å²) in [5.41, 5.74) is 3.23. The van der Waals surface area contributed by atoms with Crippen molar-refractivity contribution in [3.8, 4) is 17.1 Å². The Bertz CT molecular complexity index is 945. The Morgan fingerprint density at radius 2 is 2.03 bits per heavy atom. The van der Waals surface area contributed by atoms with Gasteiger partial charge in [-0.25, -0.2) is 9.48 Å². The highest BCUT2D eigenvalue weighted by molar-refractivity contribution is 5.89. The Kier molecular flexibility index (Phi) is 5.86. The van der Waals surface area contributed by atoms with Crippen LogP contribution in [0.5, 0.6) is 5.75 Å². The molecular weight excluding hydrogens is 370 g/mol. The third kappa shape index (κ3) is 4.46. The molecule has 3 aromatic rings. The second-order valence-corrected chi connectivity index (χ2v) is 6.84. The standard InChI is InChI=1S/C22H23N3O4/c1-27-22(26)17-7-5-16(6-8-17)15-29-18-9-10-19(23-14-18)20-11-12-24-25(20)21-4-2-3-13-28-21/h5-12,14,21H,2-4,13,15H2,1H3. The molecule has 1 aliphatic heterocycles. The second-order valence-electron chi connectivity index (χ2n) is 6.84. The minimum Gasteiger partial charge on any atom is -0.487 e. The van der Waals surface area contributed by atoms with Crippen LogP contribution in [0.2, 0.25) is 0 Å². The van der Waals surface area contributed by atoms with E-state index in [0.29, 0.717) is 17.9 Å². The van der Waals surface area contributed by atoms with Gasteiger partial charge in [-0.15, -0.1) is 0 Å². The molecule has 1 unspecified atom stereocenters. The number of nitrogens with zero attached hydrogens (tertiary/aromatic N) is 3. The monoisotopic (exact) mass is 393 g/mol. The predicted octanol–water partition coefficient (Wildman–Crippen LogP) is 4.01. The van der Waals surface area contributed by atoms with E-state index in [-0.39, 0.29) is 12.2 Å². The van der Waals surface area contributed by atoms with E-state index in [9.17, 15) is 4.79 Å². The van der Waals surface area contributed by atoms with Gasteiger partial charge >= 0.3 is 5.97 Å². The van der Waals surface area contributed by atoms with Crippen molar-refractivity contribution in [2.45, 2.75) is 32.1 Å². The minimum atomic E-state index is -0.352. The lowest BCUT2D eigenvalue weighted by atomic mass is 10.1. The summed E-state index contributed by atoms with van der Waals surface area (Å²) >= 11 is 0. The van der Waals surface area contributed by atoms with E-state index in [4.69, 9.17) is 14.2 Å². The number of carbonyl (C=O) groups excluding carboxylic acids is 1. The average Bonchev–Trinajstić information content (AvgIpc) is 3.28. The fourth-order valence-electron chi connectivity index (χ4n) is 3.30. The van der Waals surface area contributed by atoms with Gasteiger partial charge < -0.3 is 14.2 Å². The van der Waals surface area contributed by atoms with Crippen LogP contribution in [0.15, 0.2) is 54.9 Å². The lowest BCUT2D eigenvalue weighted by Crippen LogP contribution is -2.20. The molecule has 0 N–H and O–H groups in total. The molecule has 0 spiro atoms. The molecule has 1 aliphatic rings. The normalized spacial score (nSPS) is 16.4. The number of hydrogen-bond acceptors (Lipinski definition) is 6. The molecule has 3 heterocycles. The van der Waals surface area contributed by atoms with Crippen molar-refractivity contribution in [2.75, 3.05) is 13.7 Å². The number of benzene rings is 1. The molecule has 1 aromatic carbocycles. The molecule has 0 amide bonds. The Labute approximate surface area is 169 Å². The smallest absolute Gasteiger partial charge is 0.337 e. The van der Waals surface area contributed by atoms with E-state index < -0.39 is 0 Å². The van der Waals surface area contributed by atoms with E-state index in [1.165, 1.54) is 7.11 Å². The van der Waals surface area contributed by atoms with Crippen LogP contribution in [0.3, 0.4) is 0 Å². The zero-order valence-electron chi connectivity index (χ0n) is 16.3. The first-order chi connectivity index (χ1) is 14.2. The van der Waals surface area contributed by atoms with Crippen LogP contribution >= 0.6 is 0 Å². The van der Waals surface area contributed by atoms with Gasteiger partial charge in [-0.05, 0) is 55.2 Å². The van der Waals surface area contributed by atoms with Crippen molar-refractivity contribution >= 4 is 5.97 Å². The molecule has 1 fully saturated rings. The molecule has 7 heteroatoms. The SMILES string of the molecule is COC(=O)c1ccc(COc2ccc(-c3ccnn3C3CCCCO3)nc2)cc1. The third-order valence-electron chi connectivity index (χ3n) is 4.88. The van der Waals surface area contributed by atoms with Crippen molar-refractivity contribution < 1.29 is 19.0 Å². The number of hydrogen-bond donors (Lipinski definition) is 0. The molecule has 7 nitrogen and oxygen atoms in total. The molecule has 0 radical (unpaired) electrons. The largest absolute Gasteiger partial charge is 0.487 e. The van der Waals surface area contributed by atoms with Gasteiger partial charge in [0.05, 0.1) is 30.3 Å². The summed E-state index contributed by atoms with van der Waals surface area (Å²) in [6, 6.07) is 12.9. The van der Waals surface area contributed by atoms with E-state index in [0.717, 1.165) is 42.8 Å². The van der Waals surface area contributed by atoms with Crippen LogP contribution in [0.25, 0.3) is 11.4 Å². The fraction of sp³-hybridized carbons (Fsp3) is 0.318. The van der Waals surface area contributed by atoms with Gasteiger partial charge in [0.1, 0.15) is 12.4 Å². The highest BCUT2D eigenvalue weighted by atomic mass is 16.5. The molecule has 150 valence electrons. The summed E-state index contributed by atoms with van der Waals surface area (Å²) in [6.45, 7) is 1.15. The molecule has 29 heavy (non-hydrogen) atoms. The number of pyridine rings is 1. The highest BCUT2D eigenvalue weighted by Gasteiger charge is 2.20. The first kappa shape index (κ1) is 19.1. The van der Waals surface area contributed by atoms with Crippen LogP contribution in [0, 0.1) is 0 Å². The molecule has 1 atom stereocenters. The summed E-state index contributed by atoms with van der Waals surface area (Å²) in [5, 5.41) is 4.43. The molecule has 0 saturated carbocycles. The van der Waals surface area contributed by atoms with E-state index in [2.05, 4.69) is 10.1 Å². The number of esters is 1. The Hall–Kier alpha value is -3.19. The van der Waals surface area contributed by atoms with E-state index in [1.54, 1.807) is 24.5 Å². The van der Waals surface area contributed by atoms with Crippen molar-refractivity contribution in [1.82, 2.24) is 14.8 Å². The first-order valence-corrected chi connectivity index (χ1v) is 9.66. The van der Waals surface area contributed by atoms with Gasteiger partial charge in [-0.1, -0.05) is 12.1 Å². The topological polar surface area (TPSA) is 75.5 Å². The maximum absolute atomic E-state index is 11.5. The molecule has 1 saturated heterocycles. The van der Waals surface area contributed by atoms with Gasteiger partial charge in [0.25, 0.3) is 0 Å². The maximum atomic E-state index is 11.5. The van der Waals surface area contributed by atoms with Crippen LogP contribution in [0.1, 0.15) is 41.4 Å². The number of carbonyl (C=O) groups is 1. The first-order valence-electron chi connectivity index (χ1n) is 9.66. The summed E-state index contributed by atoms with van der Waals surface area (Å²) < 4.78 is 18.3. The Morgan fingerprint density at radius 3 is 2.72 bits per heavy atom.